The van der Waals surface area contributed by atoms with Crippen molar-refractivity contribution in [1.29, 1.82) is 0 Å². The van der Waals surface area contributed by atoms with E-state index in [1.807, 2.05) is 14.0 Å². The van der Waals surface area contributed by atoms with E-state index in [4.69, 9.17) is 0 Å². The Morgan fingerprint density at radius 1 is 1.62 bits per heavy atom. The van der Waals surface area contributed by atoms with Crippen molar-refractivity contribution in [3.63, 3.8) is 0 Å². The van der Waals surface area contributed by atoms with Crippen molar-refractivity contribution in [2.75, 3.05) is 0 Å². The quantitative estimate of drug-likeness (QED) is 0.679. The van der Waals surface area contributed by atoms with Gasteiger partial charge in [-0.15, -0.1) is 0 Å². The molecular formula is C8H10N4O. The van der Waals surface area contributed by atoms with Crippen molar-refractivity contribution in [3.8, 4) is 0 Å². The van der Waals surface area contributed by atoms with Gasteiger partial charge in [0, 0.05) is 12.7 Å². The summed E-state index contributed by atoms with van der Waals surface area (Å²) in [6.45, 7) is 1.97. The summed E-state index contributed by atoms with van der Waals surface area (Å²) in [6, 6.07) is 0. The van der Waals surface area contributed by atoms with E-state index in [1.54, 1.807) is 10.9 Å². The smallest absolute Gasteiger partial charge is 0.318 e. The van der Waals surface area contributed by atoms with Gasteiger partial charge in [0.25, 0.3) is 0 Å². The third kappa shape index (κ3) is 1.12. The van der Waals surface area contributed by atoms with Gasteiger partial charge in [-0.25, -0.2) is 9.78 Å². The van der Waals surface area contributed by atoms with E-state index in [9.17, 15) is 4.79 Å². The van der Waals surface area contributed by atoms with Crippen LogP contribution in [0.1, 0.15) is 12.6 Å². The first-order valence-electron chi connectivity index (χ1n) is 4.12. The summed E-state index contributed by atoms with van der Waals surface area (Å²) in [5, 5.41) is 0. The molecule has 0 bridgehead atoms. The van der Waals surface area contributed by atoms with Crippen LogP contribution in [0.25, 0.3) is 11.2 Å². The summed E-state index contributed by atoms with van der Waals surface area (Å²) in [5.74, 6) is 0. The molecule has 2 rings (SSSR count). The van der Waals surface area contributed by atoms with E-state index in [1.165, 1.54) is 0 Å². The average Bonchev–Trinajstić information content (AvgIpc) is 2.47. The first-order valence-corrected chi connectivity index (χ1v) is 4.12. The molecule has 0 unspecified atom stereocenters. The molecular weight excluding hydrogens is 168 g/mol. The van der Waals surface area contributed by atoms with Crippen LogP contribution in [-0.4, -0.2) is 19.5 Å². The third-order valence-electron chi connectivity index (χ3n) is 2.01. The van der Waals surface area contributed by atoms with Crippen molar-refractivity contribution in [1.82, 2.24) is 19.5 Å². The van der Waals surface area contributed by atoms with Gasteiger partial charge in [0.15, 0.2) is 5.65 Å². The number of aromatic amines is 1. The number of aryl methyl sites for hydroxylation is 2. The Bertz CT molecular complexity index is 496. The highest BCUT2D eigenvalue weighted by molar-refractivity contribution is 5.72. The fourth-order valence-corrected chi connectivity index (χ4v) is 1.34. The number of H-pyrrole nitrogens is 1. The summed E-state index contributed by atoms with van der Waals surface area (Å²) in [7, 11) is 1.82. The number of nitrogens with one attached hydrogen (secondary N) is 1. The molecule has 0 aliphatic carbocycles. The molecule has 2 aromatic rings. The Balaban J connectivity index is 2.92. The van der Waals surface area contributed by atoms with E-state index in [0.29, 0.717) is 5.65 Å². The van der Waals surface area contributed by atoms with Crippen LogP contribution in [0.5, 0.6) is 0 Å². The number of fused-ring (bicyclic) bond motifs is 1. The SMILES string of the molecule is CCc1[nH]c(=O)nc2c1ncn2C. The Morgan fingerprint density at radius 3 is 3.08 bits per heavy atom. The van der Waals surface area contributed by atoms with E-state index < -0.39 is 0 Å². The molecule has 0 saturated carbocycles. The van der Waals surface area contributed by atoms with Crippen LogP contribution in [0.4, 0.5) is 0 Å². The fourth-order valence-electron chi connectivity index (χ4n) is 1.34. The summed E-state index contributed by atoms with van der Waals surface area (Å²) in [6.07, 6.45) is 2.41. The maximum Gasteiger partial charge on any atom is 0.347 e. The molecule has 5 nitrogen and oxygen atoms in total. The van der Waals surface area contributed by atoms with Gasteiger partial charge in [0.1, 0.15) is 5.52 Å². The Labute approximate surface area is 74.4 Å². The van der Waals surface area contributed by atoms with Crippen molar-refractivity contribution in [2.45, 2.75) is 13.3 Å². The van der Waals surface area contributed by atoms with E-state index >= 15 is 0 Å². The lowest BCUT2D eigenvalue weighted by molar-refractivity contribution is 0.913. The number of imidazole rings is 1. The monoisotopic (exact) mass is 178 g/mol. The number of hydrogen-bond acceptors (Lipinski definition) is 3. The molecule has 2 aromatic heterocycles. The highest BCUT2D eigenvalue weighted by Gasteiger charge is 2.06. The maximum absolute atomic E-state index is 11.1. The second kappa shape index (κ2) is 2.69. The predicted molar refractivity (Wildman–Crippen MR) is 48.5 cm³/mol. The molecule has 5 heteroatoms. The number of aromatic nitrogens is 4. The Kier molecular flexibility index (Phi) is 1.65. The zero-order chi connectivity index (χ0) is 9.42. The van der Waals surface area contributed by atoms with Crippen LogP contribution in [0.2, 0.25) is 0 Å². The lowest BCUT2D eigenvalue weighted by atomic mass is 10.3. The van der Waals surface area contributed by atoms with Gasteiger partial charge >= 0.3 is 5.69 Å². The van der Waals surface area contributed by atoms with Gasteiger partial charge in [-0.3, -0.25) is 0 Å². The highest BCUT2D eigenvalue weighted by atomic mass is 16.1. The molecule has 0 saturated heterocycles. The zero-order valence-electron chi connectivity index (χ0n) is 7.53. The maximum atomic E-state index is 11.1. The van der Waals surface area contributed by atoms with Crippen LogP contribution >= 0.6 is 0 Å². The topological polar surface area (TPSA) is 63.6 Å². The number of hydrogen-bond donors (Lipinski definition) is 1. The van der Waals surface area contributed by atoms with Gasteiger partial charge in [-0.05, 0) is 6.42 Å². The van der Waals surface area contributed by atoms with Gasteiger partial charge in [0.2, 0.25) is 0 Å². The van der Waals surface area contributed by atoms with Crippen LogP contribution in [0, 0.1) is 0 Å². The fraction of sp³-hybridized carbons (Fsp3) is 0.375. The minimum Gasteiger partial charge on any atom is -0.318 e. The lowest BCUT2D eigenvalue weighted by Gasteiger charge is -1.97. The summed E-state index contributed by atoms with van der Waals surface area (Å²) in [4.78, 5) is 21.8. The molecule has 0 radical (unpaired) electrons. The summed E-state index contributed by atoms with van der Waals surface area (Å²) in [5.41, 5.74) is 1.95. The first kappa shape index (κ1) is 7.97. The molecule has 2 heterocycles. The summed E-state index contributed by atoms with van der Waals surface area (Å²) >= 11 is 0. The van der Waals surface area contributed by atoms with Crippen LogP contribution in [0.15, 0.2) is 11.1 Å². The van der Waals surface area contributed by atoms with Crippen molar-refractivity contribution < 1.29 is 0 Å². The van der Waals surface area contributed by atoms with E-state index in [0.717, 1.165) is 17.6 Å². The van der Waals surface area contributed by atoms with Gasteiger partial charge in [-0.2, -0.15) is 4.98 Å². The van der Waals surface area contributed by atoms with Crippen LogP contribution < -0.4 is 5.69 Å². The van der Waals surface area contributed by atoms with Crippen molar-refractivity contribution in [3.05, 3.63) is 22.5 Å². The molecule has 1 N–H and O–H groups in total. The Hall–Kier alpha value is -1.65. The normalized spacial score (nSPS) is 10.9. The molecule has 0 aromatic carbocycles. The molecule has 13 heavy (non-hydrogen) atoms. The molecule has 0 aliphatic heterocycles. The zero-order valence-corrected chi connectivity index (χ0v) is 7.53. The number of nitrogens with zero attached hydrogens (tertiary/aromatic N) is 3. The van der Waals surface area contributed by atoms with E-state index in [2.05, 4.69) is 15.0 Å². The van der Waals surface area contributed by atoms with Crippen molar-refractivity contribution in [2.24, 2.45) is 7.05 Å². The first-order chi connectivity index (χ1) is 6.22. The van der Waals surface area contributed by atoms with Crippen molar-refractivity contribution >= 4 is 11.2 Å². The molecule has 0 amide bonds. The van der Waals surface area contributed by atoms with E-state index in [-0.39, 0.29) is 5.69 Å². The van der Waals surface area contributed by atoms with Crippen LogP contribution in [0.3, 0.4) is 0 Å². The highest BCUT2D eigenvalue weighted by Crippen LogP contribution is 2.09. The predicted octanol–water partition coefficient (Wildman–Crippen LogP) is 0.219. The third-order valence-corrected chi connectivity index (χ3v) is 2.01. The minimum absolute atomic E-state index is 0.312. The molecule has 0 atom stereocenters. The lowest BCUT2D eigenvalue weighted by Crippen LogP contribution is -2.13. The molecule has 0 spiro atoms. The van der Waals surface area contributed by atoms with Gasteiger partial charge < -0.3 is 9.55 Å². The minimum atomic E-state index is -0.312. The molecule has 0 aliphatic rings. The summed E-state index contributed by atoms with van der Waals surface area (Å²) < 4.78 is 1.74. The molecule has 0 fully saturated rings. The second-order valence-corrected chi connectivity index (χ2v) is 2.90. The number of rotatable bonds is 1. The average molecular weight is 178 g/mol. The molecule has 68 valence electrons. The second-order valence-electron chi connectivity index (χ2n) is 2.90. The Morgan fingerprint density at radius 2 is 2.38 bits per heavy atom. The largest absolute Gasteiger partial charge is 0.347 e. The standard InChI is InChI=1S/C8H10N4O/c1-3-5-6-7(11-8(13)10-5)12(2)4-9-6/h4H,3H2,1-2H3,(H,10,11,13). The van der Waals surface area contributed by atoms with Crippen LogP contribution in [-0.2, 0) is 13.5 Å². The van der Waals surface area contributed by atoms with Gasteiger partial charge in [-0.1, -0.05) is 6.92 Å². The van der Waals surface area contributed by atoms with Gasteiger partial charge in [0.05, 0.1) is 6.33 Å².